The van der Waals surface area contributed by atoms with Crippen molar-refractivity contribution in [1.29, 1.82) is 0 Å². The Morgan fingerprint density at radius 2 is 2.05 bits per heavy atom. The normalized spacial score (nSPS) is 11.2. The Hall–Kier alpha value is -1.75. The van der Waals surface area contributed by atoms with E-state index in [9.17, 15) is 9.90 Å². The number of anilines is 1. The Kier molecular flexibility index (Phi) is 5.18. The van der Waals surface area contributed by atoms with Gasteiger partial charge in [-0.05, 0) is 52.4 Å². The van der Waals surface area contributed by atoms with Crippen LogP contribution in [0.5, 0.6) is 5.75 Å². The molecular weight excluding hydrogens is 244 g/mol. The Morgan fingerprint density at radius 1 is 1.37 bits per heavy atom. The Morgan fingerprint density at radius 3 is 2.63 bits per heavy atom. The second kappa shape index (κ2) is 6.43. The molecule has 0 bridgehead atoms. The maximum absolute atomic E-state index is 11.7. The van der Waals surface area contributed by atoms with Gasteiger partial charge in [0.25, 0.3) is 0 Å². The maximum Gasteiger partial charge on any atom is 0.412 e. The van der Waals surface area contributed by atoms with Gasteiger partial charge in [0.2, 0.25) is 0 Å². The highest BCUT2D eigenvalue weighted by molar-refractivity contribution is 5.88. The van der Waals surface area contributed by atoms with E-state index in [4.69, 9.17) is 4.74 Å². The van der Waals surface area contributed by atoms with Gasteiger partial charge >= 0.3 is 6.09 Å². The van der Waals surface area contributed by atoms with Crippen LogP contribution < -0.4 is 10.6 Å². The molecule has 0 fully saturated rings. The lowest BCUT2D eigenvalue weighted by Gasteiger charge is -2.20. The number of nitrogens with one attached hydrogen (secondary N) is 2. The largest absolute Gasteiger partial charge is 0.506 e. The number of likely N-dealkylation sites (N-methyl/N-ethyl adjacent to an activating group) is 1. The fraction of sp³-hybridized carbons (Fsp3) is 0.500. The molecule has 1 aromatic rings. The summed E-state index contributed by atoms with van der Waals surface area (Å²) in [6.07, 6.45) is 0.135. The number of amides is 1. The zero-order valence-corrected chi connectivity index (χ0v) is 11.9. The van der Waals surface area contributed by atoms with Gasteiger partial charge in [-0.3, -0.25) is 5.32 Å². The smallest absolute Gasteiger partial charge is 0.412 e. The molecular formula is C14H22N2O3. The number of rotatable bonds is 4. The number of phenols is 1. The highest BCUT2D eigenvalue weighted by Gasteiger charge is 2.18. The van der Waals surface area contributed by atoms with Crippen molar-refractivity contribution in [2.45, 2.75) is 32.8 Å². The molecule has 19 heavy (non-hydrogen) atoms. The van der Waals surface area contributed by atoms with Crippen LogP contribution in [0.25, 0.3) is 0 Å². The van der Waals surface area contributed by atoms with Gasteiger partial charge in [0.15, 0.2) is 0 Å². The lowest BCUT2D eigenvalue weighted by molar-refractivity contribution is 0.0635. The van der Waals surface area contributed by atoms with Gasteiger partial charge < -0.3 is 15.2 Å². The molecule has 0 aliphatic rings. The second-order valence-electron chi connectivity index (χ2n) is 5.29. The summed E-state index contributed by atoms with van der Waals surface area (Å²) in [5.74, 6) is 0.0412. The van der Waals surface area contributed by atoms with Crippen molar-refractivity contribution in [2.24, 2.45) is 0 Å². The summed E-state index contributed by atoms with van der Waals surface area (Å²) in [7, 11) is 1.85. The molecule has 1 rings (SSSR count). The zero-order chi connectivity index (χ0) is 14.5. The zero-order valence-electron chi connectivity index (χ0n) is 11.9. The van der Waals surface area contributed by atoms with Crippen LogP contribution in [0.3, 0.4) is 0 Å². The highest BCUT2D eigenvalue weighted by Crippen LogP contribution is 2.28. The highest BCUT2D eigenvalue weighted by atomic mass is 16.6. The lowest BCUT2D eigenvalue weighted by atomic mass is 10.1. The van der Waals surface area contributed by atoms with Gasteiger partial charge in [0.05, 0.1) is 5.69 Å². The number of hydrogen-bond acceptors (Lipinski definition) is 4. The molecule has 5 heteroatoms. The van der Waals surface area contributed by atoms with Crippen LogP contribution >= 0.6 is 0 Å². The minimum Gasteiger partial charge on any atom is -0.506 e. The fourth-order valence-corrected chi connectivity index (χ4v) is 1.60. The van der Waals surface area contributed by atoms with E-state index in [1.54, 1.807) is 26.8 Å². The van der Waals surface area contributed by atoms with E-state index < -0.39 is 11.7 Å². The van der Waals surface area contributed by atoms with Crippen LogP contribution in [0.15, 0.2) is 18.2 Å². The number of benzene rings is 1. The van der Waals surface area contributed by atoms with Gasteiger partial charge in [-0.2, -0.15) is 0 Å². The predicted octanol–water partition coefficient (Wildman–Crippen LogP) is 2.50. The minimum atomic E-state index is -0.570. The van der Waals surface area contributed by atoms with Gasteiger partial charge in [-0.1, -0.05) is 12.1 Å². The summed E-state index contributed by atoms with van der Waals surface area (Å²) in [6.45, 7) is 6.13. The van der Waals surface area contributed by atoms with Crippen LogP contribution in [0, 0.1) is 0 Å². The molecule has 0 heterocycles. The Balaban J connectivity index is 2.84. The molecule has 0 saturated carbocycles. The molecule has 1 amide bonds. The maximum atomic E-state index is 11.7. The van der Waals surface area contributed by atoms with E-state index in [1.165, 1.54) is 6.07 Å². The third-order valence-corrected chi connectivity index (χ3v) is 2.40. The van der Waals surface area contributed by atoms with E-state index in [0.717, 1.165) is 12.1 Å². The number of ether oxygens (including phenoxy) is 1. The number of phenolic OH excluding ortho intramolecular Hbond substituents is 1. The van der Waals surface area contributed by atoms with Crippen LogP contribution in [0.1, 0.15) is 26.3 Å². The van der Waals surface area contributed by atoms with Crippen LogP contribution in [0.4, 0.5) is 10.5 Å². The minimum absolute atomic E-state index is 0.0412. The molecule has 1 aromatic carbocycles. The van der Waals surface area contributed by atoms with Gasteiger partial charge in [-0.15, -0.1) is 0 Å². The summed E-state index contributed by atoms with van der Waals surface area (Å²) < 4.78 is 5.18. The van der Waals surface area contributed by atoms with Gasteiger partial charge in [0.1, 0.15) is 11.4 Å². The first kappa shape index (κ1) is 15.3. The molecule has 0 radical (unpaired) electrons. The molecule has 0 saturated heterocycles. The first-order chi connectivity index (χ1) is 8.83. The van der Waals surface area contributed by atoms with E-state index >= 15 is 0 Å². The summed E-state index contributed by atoms with van der Waals surface area (Å²) in [6, 6.07) is 5.15. The summed E-state index contributed by atoms with van der Waals surface area (Å²) in [4.78, 5) is 11.7. The molecule has 0 unspecified atom stereocenters. The lowest BCUT2D eigenvalue weighted by Crippen LogP contribution is -2.27. The quantitative estimate of drug-likeness (QED) is 0.732. The van der Waals surface area contributed by atoms with Gasteiger partial charge in [-0.25, -0.2) is 4.79 Å². The van der Waals surface area contributed by atoms with E-state index in [0.29, 0.717) is 12.1 Å². The van der Waals surface area contributed by atoms with Crippen molar-refractivity contribution in [3.05, 3.63) is 23.8 Å². The van der Waals surface area contributed by atoms with Crippen molar-refractivity contribution >= 4 is 11.8 Å². The number of para-hydroxylation sites is 1. The molecule has 3 N–H and O–H groups in total. The van der Waals surface area contributed by atoms with E-state index in [-0.39, 0.29) is 5.75 Å². The van der Waals surface area contributed by atoms with Crippen molar-refractivity contribution in [3.63, 3.8) is 0 Å². The first-order valence-electron chi connectivity index (χ1n) is 6.29. The topological polar surface area (TPSA) is 70.6 Å². The van der Waals surface area contributed by atoms with Crippen molar-refractivity contribution in [1.82, 2.24) is 5.32 Å². The summed E-state index contributed by atoms with van der Waals surface area (Å²) in [5, 5.41) is 15.5. The van der Waals surface area contributed by atoms with Crippen molar-refractivity contribution < 1.29 is 14.6 Å². The summed E-state index contributed by atoms with van der Waals surface area (Å²) in [5.41, 5.74) is 0.701. The standard InChI is InChI=1S/C14H22N2O3/c1-14(2,3)19-13(18)16-12-10(8-9-15-4)6-5-7-11(12)17/h5-7,15,17H,8-9H2,1-4H3,(H,16,18). The SMILES string of the molecule is CNCCc1cccc(O)c1NC(=O)OC(C)(C)C. The van der Waals surface area contributed by atoms with Crippen molar-refractivity contribution in [3.8, 4) is 5.75 Å². The average Bonchev–Trinajstić information content (AvgIpc) is 2.27. The molecule has 0 aromatic heterocycles. The van der Waals surface area contributed by atoms with Gasteiger partial charge in [0, 0.05) is 0 Å². The fourth-order valence-electron chi connectivity index (χ4n) is 1.60. The van der Waals surface area contributed by atoms with Crippen LogP contribution in [-0.4, -0.2) is 30.4 Å². The Labute approximate surface area is 114 Å². The van der Waals surface area contributed by atoms with Crippen LogP contribution in [-0.2, 0) is 11.2 Å². The third-order valence-electron chi connectivity index (χ3n) is 2.40. The first-order valence-corrected chi connectivity index (χ1v) is 6.29. The molecule has 0 aliphatic carbocycles. The Bertz CT molecular complexity index is 439. The number of carbonyl (C=O) groups is 1. The van der Waals surface area contributed by atoms with Crippen LogP contribution in [0.2, 0.25) is 0 Å². The monoisotopic (exact) mass is 266 g/mol. The third kappa shape index (κ3) is 5.18. The molecule has 5 nitrogen and oxygen atoms in total. The number of carbonyl (C=O) groups excluding carboxylic acids is 1. The van der Waals surface area contributed by atoms with E-state index in [2.05, 4.69) is 10.6 Å². The predicted molar refractivity (Wildman–Crippen MR) is 75.6 cm³/mol. The molecule has 0 aliphatic heterocycles. The number of hydrogen-bond donors (Lipinski definition) is 3. The summed E-state index contributed by atoms with van der Waals surface area (Å²) >= 11 is 0. The van der Waals surface area contributed by atoms with E-state index in [1.807, 2.05) is 13.1 Å². The average molecular weight is 266 g/mol. The second-order valence-corrected chi connectivity index (χ2v) is 5.29. The molecule has 106 valence electrons. The molecule has 0 atom stereocenters. The van der Waals surface area contributed by atoms with Crippen molar-refractivity contribution in [2.75, 3.05) is 18.9 Å². The molecule has 0 spiro atoms. The number of aromatic hydroxyl groups is 1.